The van der Waals surface area contributed by atoms with Gasteiger partial charge in [0.1, 0.15) is 0 Å². The molecule has 0 saturated heterocycles. The van der Waals surface area contributed by atoms with Crippen LogP contribution in [-0.4, -0.2) is 35.8 Å². The van der Waals surface area contributed by atoms with Crippen molar-refractivity contribution in [3.05, 3.63) is 84.4 Å². The van der Waals surface area contributed by atoms with Crippen molar-refractivity contribution < 1.29 is 9.63 Å². The minimum Gasteiger partial charge on any atom is -0.390 e. The van der Waals surface area contributed by atoms with Crippen LogP contribution in [0.4, 0.5) is 4.79 Å². The number of oxime groups is 1. The molecule has 1 aliphatic rings. The Balaban J connectivity index is 1.54. The van der Waals surface area contributed by atoms with E-state index in [1.54, 1.807) is 11.0 Å². The van der Waals surface area contributed by atoms with Gasteiger partial charge in [-0.05, 0) is 11.1 Å². The second kappa shape index (κ2) is 8.85. The molecular weight excluding hydrogens is 326 g/mol. The van der Waals surface area contributed by atoms with Crippen molar-refractivity contribution in [2.24, 2.45) is 5.16 Å². The first kappa shape index (κ1) is 17.7. The second-order valence-corrected chi connectivity index (χ2v) is 6.17. The zero-order chi connectivity index (χ0) is 18.2. The second-order valence-electron chi connectivity index (χ2n) is 6.17. The standard InChI is InChI=1S/C21H23N3O2/c1-2-13-24(21(25)22-15-17-9-5-3-6-10-17)16-19-14-20(23-26-19)18-11-7-4-8-12-18/h2-12,19H,1,13-16H2,(H,22,25). The molecule has 1 heterocycles. The van der Waals surface area contributed by atoms with Crippen LogP contribution in [-0.2, 0) is 11.4 Å². The van der Waals surface area contributed by atoms with Crippen LogP contribution in [0.25, 0.3) is 0 Å². The van der Waals surface area contributed by atoms with Crippen LogP contribution in [0.15, 0.2) is 78.5 Å². The van der Waals surface area contributed by atoms with Crippen molar-refractivity contribution in [3.8, 4) is 0 Å². The van der Waals surface area contributed by atoms with Gasteiger partial charge in [0.05, 0.1) is 12.3 Å². The summed E-state index contributed by atoms with van der Waals surface area (Å²) in [6.07, 6.45) is 2.26. The molecule has 1 N–H and O–H groups in total. The lowest BCUT2D eigenvalue weighted by Crippen LogP contribution is -2.43. The Hall–Kier alpha value is -3.08. The molecule has 0 fully saturated rings. The summed E-state index contributed by atoms with van der Waals surface area (Å²) in [5.41, 5.74) is 3.03. The van der Waals surface area contributed by atoms with E-state index in [2.05, 4.69) is 17.1 Å². The average Bonchev–Trinajstić information content (AvgIpc) is 3.16. The fourth-order valence-electron chi connectivity index (χ4n) is 2.85. The Labute approximate surface area is 154 Å². The van der Waals surface area contributed by atoms with Crippen molar-refractivity contribution in [2.45, 2.75) is 19.1 Å². The molecule has 0 saturated carbocycles. The van der Waals surface area contributed by atoms with Gasteiger partial charge in [-0.3, -0.25) is 0 Å². The number of urea groups is 1. The minimum absolute atomic E-state index is 0.134. The summed E-state index contributed by atoms with van der Waals surface area (Å²) >= 11 is 0. The Morgan fingerprint density at radius 1 is 1.19 bits per heavy atom. The van der Waals surface area contributed by atoms with Crippen LogP contribution in [0, 0.1) is 0 Å². The summed E-state index contributed by atoms with van der Waals surface area (Å²) in [5, 5.41) is 7.13. The van der Waals surface area contributed by atoms with Crippen LogP contribution < -0.4 is 5.32 Å². The molecule has 26 heavy (non-hydrogen) atoms. The topological polar surface area (TPSA) is 53.9 Å². The highest BCUT2D eigenvalue weighted by atomic mass is 16.6. The van der Waals surface area contributed by atoms with Gasteiger partial charge in [-0.1, -0.05) is 71.9 Å². The number of nitrogens with one attached hydrogen (secondary N) is 1. The van der Waals surface area contributed by atoms with Crippen LogP contribution in [0.3, 0.4) is 0 Å². The number of carbonyl (C=O) groups is 1. The summed E-state index contributed by atoms with van der Waals surface area (Å²) < 4.78 is 0. The molecule has 1 atom stereocenters. The molecule has 0 radical (unpaired) electrons. The third kappa shape index (κ3) is 4.72. The summed E-state index contributed by atoms with van der Waals surface area (Å²) in [4.78, 5) is 19.8. The van der Waals surface area contributed by atoms with Gasteiger partial charge in [-0.25, -0.2) is 4.79 Å². The van der Waals surface area contributed by atoms with Crippen molar-refractivity contribution in [1.82, 2.24) is 10.2 Å². The molecule has 5 heteroatoms. The van der Waals surface area contributed by atoms with E-state index in [-0.39, 0.29) is 12.1 Å². The quantitative estimate of drug-likeness (QED) is 0.777. The molecule has 3 rings (SSSR count). The van der Waals surface area contributed by atoms with E-state index >= 15 is 0 Å². The zero-order valence-corrected chi connectivity index (χ0v) is 14.7. The Bertz CT molecular complexity index is 759. The molecular formula is C21H23N3O2. The first-order chi connectivity index (χ1) is 12.8. The number of hydrogen-bond acceptors (Lipinski definition) is 3. The highest BCUT2D eigenvalue weighted by Crippen LogP contribution is 2.17. The summed E-state index contributed by atoms with van der Waals surface area (Å²) in [6, 6.07) is 19.7. The highest BCUT2D eigenvalue weighted by Gasteiger charge is 2.26. The Morgan fingerprint density at radius 3 is 2.58 bits per heavy atom. The molecule has 0 aromatic heterocycles. The molecule has 1 unspecified atom stereocenters. The predicted octanol–water partition coefficient (Wildman–Crippen LogP) is 3.58. The molecule has 0 spiro atoms. The first-order valence-electron chi connectivity index (χ1n) is 8.72. The number of hydrogen-bond donors (Lipinski definition) is 1. The predicted molar refractivity (Wildman–Crippen MR) is 103 cm³/mol. The SMILES string of the molecule is C=CCN(CC1CC(c2ccccc2)=NO1)C(=O)NCc1ccccc1. The minimum atomic E-state index is -0.146. The van der Waals surface area contributed by atoms with Crippen molar-refractivity contribution in [2.75, 3.05) is 13.1 Å². The molecule has 0 aliphatic carbocycles. The van der Waals surface area contributed by atoms with Gasteiger partial charge in [-0.2, -0.15) is 0 Å². The van der Waals surface area contributed by atoms with Crippen molar-refractivity contribution >= 4 is 11.7 Å². The maximum Gasteiger partial charge on any atom is 0.318 e. The summed E-state index contributed by atoms with van der Waals surface area (Å²) in [7, 11) is 0. The van der Waals surface area contributed by atoms with E-state index in [4.69, 9.17) is 4.84 Å². The van der Waals surface area contributed by atoms with Gasteiger partial charge in [0.25, 0.3) is 0 Å². The van der Waals surface area contributed by atoms with Crippen molar-refractivity contribution in [3.63, 3.8) is 0 Å². The normalized spacial score (nSPS) is 15.7. The lowest BCUT2D eigenvalue weighted by molar-refractivity contribution is 0.0628. The Morgan fingerprint density at radius 2 is 1.88 bits per heavy atom. The average molecular weight is 349 g/mol. The lowest BCUT2D eigenvalue weighted by Gasteiger charge is -2.23. The lowest BCUT2D eigenvalue weighted by atomic mass is 10.1. The number of carbonyl (C=O) groups excluding carboxylic acids is 1. The van der Waals surface area contributed by atoms with Gasteiger partial charge in [-0.15, -0.1) is 6.58 Å². The van der Waals surface area contributed by atoms with Crippen LogP contribution in [0.1, 0.15) is 17.5 Å². The molecule has 5 nitrogen and oxygen atoms in total. The van der Waals surface area contributed by atoms with E-state index in [1.165, 1.54) is 0 Å². The van der Waals surface area contributed by atoms with Crippen LogP contribution in [0.5, 0.6) is 0 Å². The fourth-order valence-corrected chi connectivity index (χ4v) is 2.85. The van der Waals surface area contributed by atoms with E-state index in [0.717, 1.165) is 16.8 Å². The summed E-state index contributed by atoms with van der Waals surface area (Å²) in [5.74, 6) is 0. The van der Waals surface area contributed by atoms with E-state index in [9.17, 15) is 4.79 Å². The van der Waals surface area contributed by atoms with Crippen LogP contribution >= 0.6 is 0 Å². The number of amides is 2. The maximum absolute atomic E-state index is 12.5. The molecule has 2 aromatic rings. The largest absolute Gasteiger partial charge is 0.390 e. The van der Waals surface area contributed by atoms with Gasteiger partial charge in [0.15, 0.2) is 6.10 Å². The third-order valence-corrected chi connectivity index (χ3v) is 4.19. The van der Waals surface area contributed by atoms with Crippen molar-refractivity contribution in [1.29, 1.82) is 0 Å². The Kier molecular flexibility index (Phi) is 6.04. The maximum atomic E-state index is 12.5. The molecule has 134 valence electrons. The van der Waals surface area contributed by atoms with E-state index < -0.39 is 0 Å². The van der Waals surface area contributed by atoms with Gasteiger partial charge in [0.2, 0.25) is 0 Å². The molecule has 2 aromatic carbocycles. The van der Waals surface area contributed by atoms with Gasteiger partial charge >= 0.3 is 6.03 Å². The number of benzene rings is 2. The molecule has 1 aliphatic heterocycles. The highest BCUT2D eigenvalue weighted by molar-refractivity contribution is 6.01. The summed E-state index contributed by atoms with van der Waals surface area (Å²) in [6.45, 7) is 5.16. The van der Waals surface area contributed by atoms with Gasteiger partial charge in [0, 0.05) is 19.5 Å². The fraction of sp³-hybridized carbons (Fsp3) is 0.238. The number of nitrogens with zero attached hydrogens (tertiary/aromatic N) is 2. The van der Waals surface area contributed by atoms with E-state index in [0.29, 0.717) is 26.1 Å². The van der Waals surface area contributed by atoms with E-state index in [1.807, 2.05) is 60.7 Å². The first-order valence-corrected chi connectivity index (χ1v) is 8.72. The monoisotopic (exact) mass is 349 g/mol. The molecule has 2 amide bonds. The van der Waals surface area contributed by atoms with Crippen LogP contribution in [0.2, 0.25) is 0 Å². The number of rotatable bonds is 7. The van der Waals surface area contributed by atoms with Gasteiger partial charge < -0.3 is 15.1 Å². The third-order valence-electron chi connectivity index (χ3n) is 4.19. The molecule has 0 bridgehead atoms. The smallest absolute Gasteiger partial charge is 0.318 e. The zero-order valence-electron chi connectivity index (χ0n) is 14.7.